The van der Waals surface area contributed by atoms with Gasteiger partial charge in [0.1, 0.15) is 0 Å². The van der Waals surface area contributed by atoms with E-state index in [1.807, 2.05) is 6.92 Å². The van der Waals surface area contributed by atoms with Gasteiger partial charge in [-0.3, -0.25) is 4.79 Å². The number of carboxylic acids is 1. The van der Waals surface area contributed by atoms with E-state index < -0.39 is 11.5 Å². The number of carboxylic acid groups (broad SMARTS) is 1. The molecule has 3 N–H and O–H groups in total. The summed E-state index contributed by atoms with van der Waals surface area (Å²) in [6, 6.07) is 3.45. The maximum Gasteiger partial charge on any atom is 0.305 e. The van der Waals surface area contributed by atoms with E-state index in [0.717, 1.165) is 0 Å². The first-order chi connectivity index (χ1) is 8.87. The van der Waals surface area contributed by atoms with Gasteiger partial charge in [0.15, 0.2) is 11.5 Å². The molecule has 0 aliphatic heterocycles. The third kappa shape index (κ3) is 3.39. The first-order valence-electron chi connectivity index (χ1n) is 5.80. The average molecular weight is 332 g/mol. The highest BCUT2D eigenvalue weighted by atomic mass is 79.9. The SMILES string of the molecule is CCC(N)(CC(=O)O)c1cc(OC)c(OC)cc1Br. The van der Waals surface area contributed by atoms with Gasteiger partial charge in [0.25, 0.3) is 0 Å². The van der Waals surface area contributed by atoms with Crippen molar-refractivity contribution in [2.24, 2.45) is 5.73 Å². The third-order valence-electron chi connectivity index (χ3n) is 3.11. The Hall–Kier alpha value is -1.27. The van der Waals surface area contributed by atoms with Crippen LogP contribution in [0.1, 0.15) is 25.3 Å². The minimum atomic E-state index is -0.954. The maximum atomic E-state index is 11.0. The summed E-state index contributed by atoms with van der Waals surface area (Å²) < 4.78 is 11.1. The Morgan fingerprint density at radius 3 is 2.32 bits per heavy atom. The second-order valence-electron chi connectivity index (χ2n) is 4.27. The summed E-state index contributed by atoms with van der Waals surface area (Å²) in [6.45, 7) is 1.85. The van der Waals surface area contributed by atoms with Crippen LogP contribution in [0.2, 0.25) is 0 Å². The van der Waals surface area contributed by atoms with Crippen LogP contribution in [-0.4, -0.2) is 25.3 Å². The average Bonchev–Trinajstić information content (AvgIpc) is 2.37. The number of benzene rings is 1. The molecule has 0 heterocycles. The van der Waals surface area contributed by atoms with Crippen molar-refractivity contribution >= 4 is 21.9 Å². The van der Waals surface area contributed by atoms with Crippen LogP contribution in [-0.2, 0) is 10.3 Å². The predicted octanol–water partition coefficient (Wildman–Crippen LogP) is 2.51. The van der Waals surface area contributed by atoms with E-state index >= 15 is 0 Å². The van der Waals surface area contributed by atoms with Crippen molar-refractivity contribution in [2.75, 3.05) is 14.2 Å². The molecular weight excluding hydrogens is 314 g/mol. The molecule has 106 valence electrons. The molecule has 0 bridgehead atoms. The molecular formula is C13H18BrNO4. The molecule has 0 radical (unpaired) electrons. The van der Waals surface area contributed by atoms with Crippen LogP contribution in [0.4, 0.5) is 0 Å². The number of ether oxygens (including phenoxy) is 2. The van der Waals surface area contributed by atoms with Gasteiger partial charge < -0.3 is 20.3 Å². The molecule has 1 atom stereocenters. The smallest absolute Gasteiger partial charge is 0.305 e. The van der Waals surface area contributed by atoms with Gasteiger partial charge in [-0.2, -0.15) is 0 Å². The monoisotopic (exact) mass is 331 g/mol. The van der Waals surface area contributed by atoms with Crippen LogP contribution in [0.25, 0.3) is 0 Å². The van der Waals surface area contributed by atoms with Crippen molar-refractivity contribution < 1.29 is 19.4 Å². The van der Waals surface area contributed by atoms with Crippen molar-refractivity contribution in [2.45, 2.75) is 25.3 Å². The fraction of sp³-hybridized carbons (Fsp3) is 0.462. The molecule has 0 amide bonds. The summed E-state index contributed by atoms with van der Waals surface area (Å²) in [4.78, 5) is 11.0. The van der Waals surface area contributed by atoms with Gasteiger partial charge in [-0.25, -0.2) is 0 Å². The van der Waals surface area contributed by atoms with Crippen LogP contribution in [0.15, 0.2) is 16.6 Å². The molecule has 0 saturated heterocycles. The summed E-state index contributed by atoms with van der Waals surface area (Å²) >= 11 is 3.41. The van der Waals surface area contributed by atoms with E-state index in [1.165, 1.54) is 14.2 Å². The van der Waals surface area contributed by atoms with Gasteiger partial charge >= 0.3 is 5.97 Å². The molecule has 1 aromatic carbocycles. The van der Waals surface area contributed by atoms with Gasteiger partial charge in [0, 0.05) is 4.47 Å². The zero-order valence-electron chi connectivity index (χ0n) is 11.2. The fourth-order valence-electron chi connectivity index (χ4n) is 1.92. The predicted molar refractivity (Wildman–Crippen MR) is 75.7 cm³/mol. The first-order valence-corrected chi connectivity index (χ1v) is 6.60. The highest BCUT2D eigenvalue weighted by molar-refractivity contribution is 9.10. The lowest BCUT2D eigenvalue weighted by Gasteiger charge is -2.29. The molecule has 5 nitrogen and oxygen atoms in total. The Labute approximate surface area is 120 Å². The van der Waals surface area contributed by atoms with Crippen molar-refractivity contribution in [1.29, 1.82) is 0 Å². The molecule has 0 aliphatic carbocycles. The van der Waals surface area contributed by atoms with Crippen LogP contribution in [0.3, 0.4) is 0 Å². The number of methoxy groups -OCH3 is 2. The summed E-state index contributed by atoms with van der Waals surface area (Å²) in [5.74, 6) is 0.146. The zero-order chi connectivity index (χ0) is 14.6. The molecule has 6 heteroatoms. The second-order valence-corrected chi connectivity index (χ2v) is 5.12. The van der Waals surface area contributed by atoms with Crippen molar-refractivity contribution in [3.05, 3.63) is 22.2 Å². The highest BCUT2D eigenvalue weighted by Gasteiger charge is 2.31. The maximum absolute atomic E-state index is 11.0. The van der Waals surface area contributed by atoms with Crippen LogP contribution >= 0.6 is 15.9 Å². The largest absolute Gasteiger partial charge is 0.493 e. The molecule has 0 saturated carbocycles. The molecule has 0 aliphatic rings. The zero-order valence-corrected chi connectivity index (χ0v) is 12.8. The van der Waals surface area contributed by atoms with Crippen LogP contribution in [0.5, 0.6) is 11.5 Å². The number of hydrogen-bond acceptors (Lipinski definition) is 4. The number of halogens is 1. The Morgan fingerprint density at radius 1 is 1.37 bits per heavy atom. The number of aliphatic carboxylic acids is 1. The molecule has 1 rings (SSSR count). The van der Waals surface area contributed by atoms with Gasteiger partial charge in [-0.15, -0.1) is 0 Å². The molecule has 1 unspecified atom stereocenters. The molecule has 0 spiro atoms. The lowest BCUT2D eigenvalue weighted by Crippen LogP contribution is -2.38. The Kier molecular flexibility index (Phi) is 5.20. The lowest BCUT2D eigenvalue weighted by molar-refractivity contribution is -0.138. The van der Waals surface area contributed by atoms with Gasteiger partial charge in [-0.05, 0) is 24.1 Å². The van der Waals surface area contributed by atoms with E-state index in [9.17, 15) is 4.79 Å². The first kappa shape index (κ1) is 15.8. The number of carbonyl (C=O) groups is 1. The summed E-state index contributed by atoms with van der Waals surface area (Å²) in [6.07, 6.45) is 0.338. The van der Waals surface area contributed by atoms with E-state index in [-0.39, 0.29) is 6.42 Å². The van der Waals surface area contributed by atoms with E-state index in [0.29, 0.717) is 28.0 Å². The lowest BCUT2D eigenvalue weighted by atomic mass is 9.85. The van der Waals surface area contributed by atoms with Gasteiger partial charge in [0.2, 0.25) is 0 Å². The number of rotatable bonds is 6. The molecule has 1 aromatic rings. The normalized spacial score (nSPS) is 13.7. The van der Waals surface area contributed by atoms with E-state index in [4.69, 9.17) is 20.3 Å². The Bertz CT molecular complexity index is 478. The quantitative estimate of drug-likeness (QED) is 0.836. The van der Waals surface area contributed by atoms with Gasteiger partial charge in [-0.1, -0.05) is 22.9 Å². The Morgan fingerprint density at radius 2 is 1.89 bits per heavy atom. The molecule has 0 aromatic heterocycles. The Balaban J connectivity index is 3.35. The number of nitrogens with two attached hydrogens (primary N) is 1. The number of hydrogen-bond donors (Lipinski definition) is 2. The minimum absolute atomic E-state index is 0.155. The standard InChI is InChI=1S/C13H18BrNO4/c1-4-13(15,7-12(16)17)8-5-10(18-2)11(19-3)6-9(8)14/h5-6H,4,7,15H2,1-3H3,(H,16,17). The highest BCUT2D eigenvalue weighted by Crippen LogP contribution is 2.39. The van der Waals surface area contributed by atoms with E-state index in [1.54, 1.807) is 12.1 Å². The summed E-state index contributed by atoms with van der Waals surface area (Å²) in [7, 11) is 3.06. The van der Waals surface area contributed by atoms with Crippen LogP contribution < -0.4 is 15.2 Å². The van der Waals surface area contributed by atoms with Crippen LogP contribution in [0, 0.1) is 0 Å². The fourth-order valence-corrected chi connectivity index (χ4v) is 2.63. The topological polar surface area (TPSA) is 81.8 Å². The summed E-state index contributed by atoms with van der Waals surface area (Å²) in [5.41, 5.74) is 5.96. The third-order valence-corrected chi connectivity index (χ3v) is 3.76. The van der Waals surface area contributed by atoms with Crippen molar-refractivity contribution in [3.8, 4) is 11.5 Å². The van der Waals surface area contributed by atoms with Crippen molar-refractivity contribution in [3.63, 3.8) is 0 Å². The molecule has 0 fully saturated rings. The molecule has 19 heavy (non-hydrogen) atoms. The minimum Gasteiger partial charge on any atom is -0.493 e. The summed E-state index contributed by atoms with van der Waals surface area (Å²) in [5, 5.41) is 9.01. The second kappa shape index (κ2) is 6.25. The van der Waals surface area contributed by atoms with Crippen molar-refractivity contribution in [1.82, 2.24) is 0 Å². The van der Waals surface area contributed by atoms with Gasteiger partial charge in [0.05, 0.1) is 26.2 Å². The van der Waals surface area contributed by atoms with E-state index in [2.05, 4.69) is 15.9 Å².